The van der Waals surface area contributed by atoms with Crippen molar-refractivity contribution >= 4 is 39.3 Å². The van der Waals surface area contributed by atoms with Gasteiger partial charge in [0, 0.05) is 43.1 Å². The highest BCUT2D eigenvalue weighted by molar-refractivity contribution is 7.99. The Morgan fingerprint density at radius 1 is 0.525 bits per heavy atom. The van der Waals surface area contributed by atoms with Crippen molar-refractivity contribution in [2.24, 2.45) is 0 Å². The quantitative estimate of drug-likeness (QED) is 0.194. The van der Waals surface area contributed by atoms with Crippen molar-refractivity contribution < 1.29 is 0 Å². The number of nitriles is 1. The van der Waals surface area contributed by atoms with E-state index in [0.717, 1.165) is 38.7 Å². The van der Waals surface area contributed by atoms with E-state index in [-0.39, 0.29) is 6.04 Å². The average Bonchev–Trinajstić information content (AvgIpc) is 3.82. The van der Waals surface area contributed by atoms with Crippen LogP contribution in [0.15, 0.2) is 210 Å². The van der Waals surface area contributed by atoms with E-state index in [1.54, 1.807) is 0 Å². The number of nitrogens with one attached hydrogen (secondary N) is 1. The molecule has 3 aliphatic rings. The molecular weight excluding hydrogens is 759 g/mol. The average molecular weight is 794 g/mol. The predicted molar refractivity (Wildman–Crippen MR) is 250 cm³/mol. The van der Waals surface area contributed by atoms with Gasteiger partial charge in [-0.15, -0.1) is 0 Å². The number of nitrogens with zero attached hydrogens (tertiary/aromatic N) is 2. The molecule has 0 fully saturated rings. The van der Waals surface area contributed by atoms with Crippen molar-refractivity contribution in [2.75, 3.05) is 5.32 Å². The Morgan fingerprint density at radius 2 is 1.20 bits per heavy atom. The van der Waals surface area contributed by atoms with Crippen LogP contribution in [0, 0.1) is 11.3 Å². The molecule has 0 saturated carbocycles. The van der Waals surface area contributed by atoms with E-state index >= 15 is 0 Å². The van der Waals surface area contributed by atoms with Gasteiger partial charge in [-0.05, 0) is 110 Å². The molecule has 1 N–H and O–H groups in total. The van der Waals surface area contributed by atoms with Crippen LogP contribution in [0.2, 0.25) is 0 Å². The van der Waals surface area contributed by atoms with Crippen molar-refractivity contribution in [3.05, 3.63) is 239 Å². The van der Waals surface area contributed by atoms with Gasteiger partial charge in [0.25, 0.3) is 0 Å². The molecule has 1 aliphatic carbocycles. The van der Waals surface area contributed by atoms with Crippen LogP contribution in [0.5, 0.6) is 0 Å². The van der Waals surface area contributed by atoms with Gasteiger partial charge in [0.1, 0.15) is 0 Å². The maximum absolute atomic E-state index is 9.68. The molecule has 2 aliphatic heterocycles. The molecule has 4 heteroatoms. The van der Waals surface area contributed by atoms with Gasteiger partial charge < -0.3 is 9.88 Å². The normalized spacial score (nSPS) is 14.9. The van der Waals surface area contributed by atoms with Gasteiger partial charge in [0.2, 0.25) is 0 Å². The molecule has 3 heterocycles. The molecule has 13 rings (SSSR count). The highest BCUT2D eigenvalue weighted by Crippen LogP contribution is 2.64. The monoisotopic (exact) mass is 793 g/mol. The molecule has 1 aromatic heterocycles. The lowest BCUT2D eigenvalue weighted by atomic mass is 9.66. The van der Waals surface area contributed by atoms with Crippen LogP contribution in [0.1, 0.15) is 45.0 Å². The Labute approximate surface area is 358 Å². The first-order valence-electron chi connectivity index (χ1n) is 20.8. The maximum atomic E-state index is 9.68. The fourth-order valence-electron chi connectivity index (χ4n) is 10.8. The molecule has 0 bridgehead atoms. The van der Waals surface area contributed by atoms with Crippen LogP contribution in [0.25, 0.3) is 60.9 Å². The number of anilines is 1. The fourth-order valence-corrected chi connectivity index (χ4v) is 12.1. The zero-order valence-electron chi connectivity index (χ0n) is 32.9. The Balaban J connectivity index is 1.02. The molecular formula is C57H35N3S. The van der Waals surface area contributed by atoms with Crippen molar-refractivity contribution in [3.8, 4) is 45.1 Å². The Bertz CT molecular complexity index is 3450. The summed E-state index contributed by atoms with van der Waals surface area (Å²) in [5, 5.41) is 15.9. The molecule has 1 unspecified atom stereocenters. The molecule has 1 spiro atoms. The van der Waals surface area contributed by atoms with Crippen LogP contribution < -0.4 is 5.32 Å². The summed E-state index contributed by atoms with van der Waals surface area (Å²) in [5.41, 5.74) is 20.0. The van der Waals surface area contributed by atoms with Gasteiger partial charge in [-0.25, -0.2) is 0 Å². The van der Waals surface area contributed by atoms with Crippen molar-refractivity contribution in [2.45, 2.75) is 21.2 Å². The van der Waals surface area contributed by atoms with Crippen molar-refractivity contribution in [1.82, 2.24) is 4.57 Å². The minimum atomic E-state index is -0.455. The largest absolute Gasteiger partial charge is 0.374 e. The lowest BCUT2D eigenvalue weighted by molar-refractivity contribution is 0.720. The number of fused-ring (bicyclic) bond motifs is 16. The summed E-state index contributed by atoms with van der Waals surface area (Å²) in [5.74, 6) is 0. The van der Waals surface area contributed by atoms with E-state index in [2.05, 4.69) is 204 Å². The highest BCUT2D eigenvalue weighted by Gasteiger charge is 2.51. The first kappa shape index (κ1) is 34.3. The lowest BCUT2D eigenvalue weighted by Crippen LogP contribution is -2.33. The van der Waals surface area contributed by atoms with E-state index in [0.29, 0.717) is 5.56 Å². The summed E-state index contributed by atoms with van der Waals surface area (Å²) < 4.78 is 2.31. The number of para-hydroxylation sites is 1. The minimum absolute atomic E-state index is 0.00791. The number of benzene rings is 9. The van der Waals surface area contributed by atoms with Crippen LogP contribution in [0.3, 0.4) is 0 Å². The summed E-state index contributed by atoms with van der Waals surface area (Å²) in [6, 6.07) is 75.6. The molecule has 10 aromatic rings. The second kappa shape index (κ2) is 13.0. The molecule has 0 radical (unpaired) electrons. The standard InChI is InChI=1S/C57H35N3S/c58-34-35-22-31-52-44(32-35)42-16-6-10-20-51(42)60(52)39-26-23-36(24-27-39)38-25-30-50-45(33-38)54-43(55(59-50)37-12-2-1-3-13-37)28-29-49-56(54)61-53-21-11-9-19-48(53)57(49)46-17-7-4-14-40(46)41-15-5-8-18-47(41)57/h1-33,55,59H. The third-order valence-electron chi connectivity index (χ3n) is 13.3. The fraction of sp³-hybridized carbons (Fsp3) is 0.0351. The molecule has 284 valence electrons. The SMILES string of the molecule is N#Cc1ccc2c(c1)c1ccccc1n2-c1ccc(-c2ccc3c(c2)-c2c(ccc4c2Sc2ccccc2C42c4ccccc4-c4ccccc42)C(c2ccccc2)N3)cc1. The number of hydrogen-bond donors (Lipinski definition) is 1. The minimum Gasteiger partial charge on any atom is -0.374 e. The lowest BCUT2D eigenvalue weighted by Gasteiger charge is -2.42. The number of rotatable bonds is 3. The predicted octanol–water partition coefficient (Wildman–Crippen LogP) is 14.3. The van der Waals surface area contributed by atoms with Gasteiger partial charge >= 0.3 is 0 Å². The van der Waals surface area contributed by atoms with E-state index in [4.69, 9.17) is 0 Å². The second-order valence-electron chi connectivity index (χ2n) is 16.3. The van der Waals surface area contributed by atoms with Crippen LogP contribution in [-0.2, 0) is 5.41 Å². The van der Waals surface area contributed by atoms with E-state index in [1.807, 2.05) is 23.9 Å². The summed E-state index contributed by atoms with van der Waals surface area (Å²) in [6.07, 6.45) is 0. The van der Waals surface area contributed by atoms with Crippen LogP contribution in [0.4, 0.5) is 5.69 Å². The second-order valence-corrected chi connectivity index (χ2v) is 17.4. The number of hydrogen-bond acceptors (Lipinski definition) is 3. The van der Waals surface area contributed by atoms with Crippen molar-refractivity contribution in [1.29, 1.82) is 5.26 Å². The molecule has 61 heavy (non-hydrogen) atoms. The first-order chi connectivity index (χ1) is 30.2. The summed E-state index contributed by atoms with van der Waals surface area (Å²) in [4.78, 5) is 2.62. The molecule has 1 atom stereocenters. The summed E-state index contributed by atoms with van der Waals surface area (Å²) in [7, 11) is 0. The molecule has 9 aromatic carbocycles. The van der Waals surface area contributed by atoms with Gasteiger partial charge in [0.15, 0.2) is 0 Å². The molecule has 3 nitrogen and oxygen atoms in total. The van der Waals surface area contributed by atoms with Crippen molar-refractivity contribution in [3.63, 3.8) is 0 Å². The number of aromatic nitrogens is 1. The van der Waals surface area contributed by atoms with Gasteiger partial charge in [-0.2, -0.15) is 5.26 Å². The van der Waals surface area contributed by atoms with E-state index in [1.165, 1.54) is 71.0 Å². The Hall–Kier alpha value is -7.58. The molecule has 0 amide bonds. The maximum Gasteiger partial charge on any atom is 0.0991 e. The van der Waals surface area contributed by atoms with Crippen LogP contribution in [-0.4, -0.2) is 4.57 Å². The zero-order chi connectivity index (χ0) is 40.2. The molecule has 0 saturated heterocycles. The van der Waals surface area contributed by atoms with Crippen LogP contribution >= 0.6 is 11.8 Å². The first-order valence-corrected chi connectivity index (χ1v) is 21.7. The highest BCUT2D eigenvalue weighted by atomic mass is 32.2. The smallest absolute Gasteiger partial charge is 0.0991 e. The third kappa shape index (κ3) is 4.75. The van der Waals surface area contributed by atoms with Gasteiger partial charge in [-0.1, -0.05) is 157 Å². The Kier molecular flexibility index (Phi) is 7.29. The Morgan fingerprint density at radius 3 is 1.98 bits per heavy atom. The van der Waals surface area contributed by atoms with Gasteiger partial charge in [0.05, 0.1) is 34.1 Å². The van der Waals surface area contributed by atoms with E-state index in [9.17, 15) is 5.26 Å². The van der Waals surface area contributed by atoms with Gasteiger partial charge in [-0.3, -0.25) is 0 Å². The zero-order valence-corrected chi connectivity index (χ0v) is 33.7. The summed E-state index contributed by atoms with van der Waals surface area (Å²) >= 11 is 1.93. The topological polar surface area (TPSA) is 40.8 Å². The van der Waals surface area contributed by atoms with E-state index < -0.39 is 5.41 Å². The summed E-state index contributed by atoms with van der Waals surface area (Å²) in [6.45, 7) is 0. The third-order valence-corrected chi connectivity index (χ3v) is 14.5.